The third kappa shape index (κ3) is 3.06. The lowest BCUT2D eigenvalue weighted by molar-refractivity contribution is 0.590. The Morgan fingerprint density at radius 3 is 2.44 bits per heavy atom. The highest BCUT2D eigenvalue weighted by Gasteiger charge is 2.21. The zero-order valence-electron chi connectivity index (χ0n) is 9.44. The van der Waals surface area contributed by atoms with Crippen LogP contribution < -0.4 is 5.32 Å². The van der Waals surface area contributed by atoms with Crippen molar-refractivity contribution in [1.82, 2.24) is 5.32 Å². The van der Waals surface area contributed by atoms with Crippen LogP contribution in [-0.2, 0) is 9.84 Å². The Hall–Kier alpha value is -0.870. The summed E-state index contributed by atoms with van der Waals surface area (Å²) in [5, 5.41) is 3.21. The Morgan fingerprint density at radius 2 is 1.88 bits per heavy atom. The van der Waals surface area contributed by atoms with Crippen molar-refractivity contribution in [2.75, 3.05) is 12.3 Å². The van der Waals surface area contributed by atoms with Crippen molar-refractivity contribution in [3.63, 3.8) is 0 Å². The van der Waals surface area contributed by atoms with Gasteiger partial charge in [0.05, 0.1) is 10.6 Å². The van der Waals surface area contributed by atoms with Gasteiger partial charge in [0.2, 0.25) is 0 Å². The van der Waals surface area contributed by atoms with Gasteiger partial charge in [0.1, 0.15) is 0 Å². The summed E-state index contributed by atoms with van der Waals surface area (Å²) in [6.07, 6.45) is 2.37. The minimum atomic E-state index is -3.11. The maximum Gasteiger partial charge on any atom is 0.179 e. The lowest BCUT2D eigenvalue weighted by atomic mass is 10.2. The molecular weight excluding hydrogens is 222 g/mol. The molecule has 3 nitrogen and oxygen atoms in total. The summed E-state index contributed by atoms with van der Waals surface area (Å²) in [6, 6.07) is 7.60. The summed E-state index contributed by atoms with van der Waals surface area (Å²) < 4.78 is 23.8. The Bertz CT molecular complexity index is 446. The molecule has 0 spiro atoms. The second-order valence-electron chi connectivity index (χ2n) is 4.36. The molecule has 88 valence electrons. The van der Waals surface area contributed by atoms with Gasteiger partial charge in [-0.15, -0.1) is 0 Å². The van der Waals surface area contributed by atoms with Gasteiger partial charge in [-0.3, -0.25) is 0 Å². The zero-order valence-corrected chi connectivity index (χ0v) is 10.3. The normalized spacial score (nSPS) is 16.3. The van der Waals surface area contributed by atoms with Crippen molar-refractivity contribution in [1.29, 1.82) is 0 Å². The molecule has 4 heteroatoms. The summed E-state index contributed by atoms with van der Waals surface area (Å²) in [5.41, 5.74) is 1.08. The number of hydrogen-bond acceptors (Lipinski definition) is 3. The fourth-order valence-corrected chi connectivity index (χ4v) is 2.72. The van der Waals surface area contributed by atoms with E-state index in [1.807, 2.05) is 19.1 Å². The Morgan fingerprint density at radius 1 is 1.25 bits per heavy atom. The quantitative estimate of drug-likeness (QED) is 0.847. The summed E-state index contributed by atoms with van der Waals surface area (Å²) in [4.78, 5) is 0.427. The maximum absolute atomic E-state index is 11.9. The number of rotatable bonds is 5. The molecule has 1 aromatic rings. The SMILES string of the molecule is Cc1ccc(S(=O)(=O)CCNC2CC2)cc1. The lowest BCUT2D eigenvalue weighted by Crippen LogP contribution is -2.24. The van der Waals surface area contributed by atoms with Gasteiger partial charge in [0.25, 0.3) is 0 Å². The number of sulfone groups is 1. The van der Waals surface area contributed by atoms with Crippen LogP contribution >= 0.6 is 0 Å². The number of hydrogen-bond donors (Lipinski definition) is 1. The first-order valence-electron chi connectivity index (χ1n) is 5.61. The molecule has 1 N–H and O–H groups in total. The van der Waals surface area contributed by atoms with Crippen LogP contribution in [0.2, 0.25) is 0 Å². The molecule has 16 heavy (non-hydrogen) atoms. The fraction of sp³-hybridized carbons (Fsp3) is 0.500. The molecule has 0 saturated heterocycles. The van der Waals surface area contributed by atoms with Gasteiger partial charge in [-0.05, 0) is 31.9 Å². The smallest absolute Gasteiger partial charge is 0.179 e. The van der Waals surface area contributed by atoms with E-state index in [0.29, 0.717) is 17.5 Å². The Kier molecular flexibility index (Phi) is 3.30. The van der Waals surface area contributed by atoms with E-state index in [1.165, 1.54) is 12.8 Å². The van der Waals surface area contributed by atoms with E-state index in [1.54, 1.807) is 12.1 Å². The molecule has 1 saturated carbocycles. The Balaban J connectivity index is 1.97. The van der Waals surface area contributed by atoms with Crippen LogP contribution in [0.15, 0.2) is 29.2 Å². The van der Waals surface area contributed by atoms with Crippen LogP contribution in [0.4, 0.5) is 0 Å². The van der Waals surface area contributed by atoms with E-state index in [2.05, 4.69) is 5.32 Å². The first-order chi connectivity index (χ1) is 7.58. The second kappa shape index (κ2) is 4.55. The highest BCUT2D eigenvalue weighted by Crippen LogP contribution is 2.18. The number of aryl methyl sites for hydroxylation is 1. The van der Waals surface area contributed by atoms with E-state index in [4.69, 9.17) is 0 Å². The molecular formula is C12H17NO2S. The van der Waals surface area contributed by atoms with Gasteiger partial charge >= 0.3 is 0 Å². The maximum atomic E-state index is 11.9. The highest BCUT2D eigenvalue weighted by atomic mass is 32.2. The number of nitrogens with one attached hydrogen (secondary N) is 1. The van der Waals surface area contributed by atoms with Crippen LogP contribution in [0.1, 0.15) is 18.4 Å². The minimum absolute atomic E-state index is 0.187. The van der Waals surface area contributed by atoms with Crippen molar-refractivity contribution >= 4 is 9.84 Å². The molecule has 1 aliphatic carbocycles. The topological polar surface area (TPSA) is 46.2 Å². The fourth-order valence-electron chi connectivity index (χ4n) is 1.55. The highest BCUT2D eigenvalue weighted by molar-refractivity contribution is 7.91. The molecule has 2 rings (SSSR count). The molecule has 0 radical (unpaired) electrons. The van der Waals surface area contributed by atoms with Gasteiger partial charge in [-0.25, -0.2) is 8.42 Å². The molecule has 0 heterocycles. The summed E-state index contributed by atoms with van der Waals surface area (Å²) in [5.74, 6) is 0.187. The standard InChI is InChI=1S/C12H17NO2S/c1-10-2-6-12(7-3-10)16(14,15)9-8-13-11-4-5-11/h2-3,6-7,11,13H,4-5,8-9H2,1H3. The third-order valence-corrected chi connectivity index (χ3v) is 4.49. The van der Waals surface area contributed by atoms with Crippen LogP contribution in [-0.4, -0.2) is 26.8 Å². The van der Waals surface area contributed by atoms with Gasteiger partial charge in [0, 0.05) is 12.6 Å². The van der Waals surface area contributed by atoms with E-state index in [-0.39, 0.29) is 5.75 Å². The van der Waals surface area contributed by atoms with E-state index >= 15 is 0 Å². The lowest BCUT2D eigenvalue weighted by Gasteiger charge is -2.05. The molecule has 0 atom stereocenters. The van der Waals surface area contributed by atoms with E-state index < -0.39 is 9.84 Å². The average Bonchev–Trinajstić information content (AvgIpc) is 3.02. The van der Waals surface area contributed by atoms with Gasteiger partial charge in [0.15, 0.2) is 9.84 Å². The molecule has 1 aromatic carbocycles. The molecule has 0 amide bonds. The summed E-state index contributed by atoms with van der Waals surface area (Å²) >= 11 is 0. The van der Waals surface area contributed by atoms with Crippen molar-refractivity contribution < 1.29 is 8.42 Å². The monoisotopic (exact) mass is 239 g/mol. The summed E-state index contributed by atoms with van der Waals surface area (Å²) in [6.45, 7) is 2.51. The third-order valence-electron chi connectivity index (χ3n) is 2.76. The van der Waals surface area contributed by atoms with Gasteiger partial charge in [-0.2, -0.15) is 0 Å². The zero-order chi connectivity index (χ0) is 11.6. The van der Waals surface area contributed by atoms with Gasteiger partial charge < -0.3 is 5.32 Å². The van der Waals surface area contributed by atoms with E-state index in [0.717, 1.165) is 5.56 Å². The van der Waals surface area contributed by atoms with Crippen LogP contribution in [0.5, 0.6) is 0 Å². The molecule has 0 aliphatic heterocycles. The van der Waals surface area contributed by atoms with E-state index in [9.17, 15) is 8.42 Å². The largest absolute Gasteiger partial charge is 0.313 e. The average molecular weight is 239 g/mol. The van der Waals surface area contributed by atoms with Crippen molar-refractivity contribution in [3.05, 3.63) is 29.8 Å². The predicted octanol–water partition coefficient (Wildman–Crippen LogP) is 1.52. The molecule has 0 bridgehead atoms. The van der Waals surface area contributed by atoms with Crippen molar-refractivity contribution in [2.45, 2.75) is 30.7 Å². The Labute approximate surface area is 96.8 Å². The first kappa shape index (κ1) is 11.6. The van der Waals surface area contributed by atoms with Crippen LogP contribution in [0.3, 0.4) is 0 Å². The molecule has 0 unspecified atom stereocenters. The van der Waals surface area contributed by atoms with Gasteiger partial charge in [-0.1, -0.05) is 17.7 Å². The molecule has 1 fully saturated rings. The number of benzene rings is 1. The first-order valence-corrected chi connectivity index (χ1v) is 7.26. The van der Waals surface area contributed by atoms with Crippen LogP contribution in [0, 0.1) is 6.92 Å². The molecule has 0 aromatic heterocycles. The molecule has 1 aliphatic rings. The predicted molar refractivity (Wildman–Crippen MR) is 64.3 cm³/mol. The van der Waals surface area contributed by atoms with Crippen molar-refractivity contribution in [2.24, 2.45) is 0 Å². The van der Waals surface area contributed by atoms with Crippen LogP contribution in [0.25, 0.3) is 0 Å². The summed E-state index contributed by atoms with van der Waals surface area (Å²) in [7, 11) is -3.11. The second-order valence-corrected chi connectivity index (χ2v) is 6.47. The minimum Gasteiger partial charge on any atom is -0.313 e. The van der Waals surface area contributed by atoms with Crippen molar-refractivity contribution in [3.8, 4) is 0 Å².